The van der Waals surface area contributed by atoms with Crippen LogP contribution in [0.5, 0.6) is 11.5 Å². The molecule has 1 N–H and O–H groups in total. The molecule has 0 unspecified atom stereocenters. The zero-order valence-corrected chi connectivity index (χ0v) is 17.6. The van der Waals surface area contributed by atoms with Gasteiger partial charge in [-0.2, -0.15) is 0 Å². The average Bonchev–Trinajstić information content (AvgIpc) is 2.67. The number of hydrogen-bond donors (Lipinski definition) is 1. The van der Waals surface area contributed by atoms with E-state index < -0.39 is 0 Å². The molecule has 0 atom stereocenters. The Bertz CT molecular complexity index is 913. The predicted molar refractivity (Wildman–Crippen MR) is 115 cm³/mol. The van der Waals surface area contributed by atoms with Gasteiger partial charge in [0.15, 0.2) is 0 Å². The largest absolute Gasteiger partial charge is 0.495 e. The maximum Gasteiger partial charge on any atom is 0.137 e. The van der Waals surface area contributed by atoms with E-state index in [4.69, 9.17) is 21.1 Å². The van der Waals surface area contributed by atoms with Crippen molar-refractivity contribution in [2.24, 2.45) is 0 Å². The molecule has 3 aromatic carbocycles. The van der Waals surface area contributed by atoms with Crippen LogP contribution in [0.2, 0.25) is 5.02 Å². The lowest BCUT2D eigenvalue weighted by Crippen LogP contribution is -2.04. The number of ether oxygens (including phenoxy) is 2. The van der Waals surface area contributed by atoms with Gasteiger partial charge in [-0.1, -0.05) is 57.4 Å². The third kappa shape index (κ3) is 5.41. The highest BCUT2D eigenvalue weighted by molar-refractivity contribution is 9.10. The zero-order valence-electron chi connectivity index (χ0n) is 15.3. The summed E-state index contributed by atoms with van der Waals surface area (Å²) in [6, 6.07) is 20.0. The molecule has 3 nitrogen and oxygen atoms in total. The summed E-state index contributed by atoms with van der Waals surface area (Å²) in [5.74, 6) is 1.51. The number of benzene rings is 3. The molecule has 0 bridgehead atoms. The lowest BCUT2D eigenvalue weighted by Gasteiger charge is -2.14. The monoisotopic (exact) mass is 445 g/mol. The van der Waals surface area contributed by atoms with Crippen LogP contribution in [0.25, 0.3) is 0 Å². The number of hydrogen-bond acceptors (Lipinski definition) is 3. The molecule has 0 fully saturated rings. The third-order valence-electron chi connectivity index (χ3n) is 4.17. The van der Waals surface area contributed by atoms with Gasteiger partial charge >= 0.3 is 0 Å². The maximum absolute atomic E-state index is 6.20. The molecular formula is C22H21BrClNO2. The Balaban J connectivity index is 1.70. The van der Waals surface area contributed by atoms with Crippen LogP contribution < -0.4 is 14.8 Å². The predicted octanol–water partition coefficient (Wildman–Crippen LogP) is 6.61. The van der Waals surface area contributed by atoms with E-state index in [1.807, 2.05) is 30.3 Å². The molecule has 0 saturated carbocycles. The standard InChI is InChI=1S/C22H21BrClNO2/c1-15-3-5-16(6-4-15)14-27-21-9-7-18(23)11-17(21)13-25-19-8-10-22(26-2)20(24)12-19/h3-12,25H,13-14H2,1-2H3. The van der Waals surface area contributed by atoms with Crippen LogP contribution >= 0.6 is 27.5 Å². The zero-order chi connectivity index (χ0) is 19.2. The first-order valence-corrected chi connectivity index (χ1v) is 9.76. The van der Waals surface area contributed by atoms with Gasteiger partial charge in [-0.15, -0.1) is 0 Å². The van der Waals surface area contributed by atoms with Gasteiger partial charge in [-0.3, -0.25) is 0 Å². The molecule has 0 saturated heterocycles. The molecule has 0 heterocycles. The lowest BCUT2D eigenvalue weighted by molar-refractivity contribution is 0.303. The topological polar surface area (TPSA) is 30.5 Å². The maximum atomic E-state index is 6.20. The smallest absolute Gasteiger partial charge is 0.137 e. The molecule has 0 spiro atoms. The molecule has 0 amide bonds. The SMILES string of the molecule is COc1ccc(NCc2cc(Br)ccc2OCc2ccc(C)cc2)cc1Cl. The molecule has 0 radical (unpaired) electrons. The van der Waals surface area contributed by atoms with Gasteiger partial charge in [-0.05, 0) is 48.9 Å². The van der Waals surface area contributed by atoms with Crippen LogP contribution in [-0.2, 0) is 13.2 Å². The molecule has 3 aromatic rings. The summed E-state index contributed by atoms with van der Waals surface area (Å²) in [5, 5.41) is 3.96. The van der Waals surface area contributed by atoms with Crippen LogP contribution in [0.1, 0.15) is 16.7 Å². The highest BCUT2D eigenvalue weighted by Gasteiger charge is 2.07. The minimum Gasteiger partial charge on any atom is -0.495 e. The van der Waals surface area contributed by atoms with Crippen molar-refractivity contribution in [3.8, 4) is 11.5 Å². The van der Waals surface area contributed by atoms with Crippen molar-refractivity contribution >= 4 is 33.2 Å². The van der Waals surface area contributed by atoms with Gasteiger partial charge in [0.2, 0.25) is 0 Å². The summed E-state index contributed by atoms with van der Waals surface area (Å²) in [4.78, 5) is 0. The number of rotatable bonds is 7. The summed E-state index contributed by atoms with van der Waals surface area (Å²) < 4.78 is 12.3. The van der Waals surface area contributed by atoms with E-state index >= 15 is 0 Å². The minimum absolute atomic E-state index is 0.531. The molecule has 140 valence electrons. The molecule has 0 aromatic heterocycles. The fraction of sp³-hybridized carbons (Fsp3) is 0.182. The lowest BCUT2D eigenvalue weighted by atomic mass is 10.1. The molecule has 0 aliphatic carbocycles. The summed E-state index contributed by atoms with van der Waals surface area (Å²) in [6.45, 7) is 3.23. The van der Waals surface area contributed by atoms with Gasteiger partial charge in [0.25, 0.3) is 0 Å². The number of methoxy groups -OCH3 is 1. The molecular weight excluding hydrogens is 426 g/mol. The van der Waals surface area contributed by atoms with Crippen molar-refractivity contribution in [2.45, 2.75) is 20.1 Å². The molecule has 27 heavy (non-hydrogen) atoms. The number of anilines is 1. The Labute approximate surface area is 173 Å². The Morgan fingerprint density at radius 3 is 2.41 bits per heavy atom. The second kappa shape index (κ2) is 9.16. The van der Waals surface area contributed by atoms with Crippen molar-refractivity contribution in [1.29, 1.82) is 0 Å². The summed E-state index contributed by atoms with van der Waals surface area (Å²) in [5.41, 5.74) is 4.36. The fourth-order valence-corrected chi connectivity index (χ4v) is 3.31. The second-order valence-corrected chi connectivity index (χ2v) is 7.55. The Hall–Kier alpha value is -2.17. The molecule has 3 rings (SSSR count). The van der Waals surface area contributed by atoms with Gasteiger partial charge < -0.3 is 14.8 Å². The van der Waals surface area contributed by atoms with E-state index in [2.05, 4.69) is 58.5 Å². The van der Waals surface area contributed by atoms with Crippen LogP contribution in [0.15, 0.2) is 65.1 Å². The van der Waals surface area contributed by atoms with Crippen LogP contribution in [0, 0.1) is 6.92 Å². The van der Waals surface area contributed by atoms with Gasteiger partial charge in [0, 0.05) is 22.3 Å². The number of nitrogens with one attached hydrogen (secondary N) is 1. The van der Waals surface area contributed by atoms with Crippen LogP contribution in [0.4, 0.5) is 5.69 Å². The molecule has 5 heteroatoms. The van der Waals surface area contributed by atoms with E-state index in [9.17, 15) is 0 Å². The Morgan fingerprint density at radius 2 is 1.70 bits per heavy atom. The molecule has 0 aliphatic rings. The van der Waals surface area contributed by atoms with E-state index in [0.717, 1.165) is 27.0 Å². The Morgan fingerprint density at radius 1 is 0.963 bits per heavy atom. The van der Waals surface area contributed by atoms with Crippen LogP contribution in [0.3, 0.4) is 0 Å². The van der Waals surface area contributed by atoms with Gasteiger partial charge in [0.05, 0.1) is 12.1 Å². The first-order chi connectivity index (χ1) is 13.0. The summed E-state index contributed by atoms with van der Waals surface area (Å²) >= 11 is 9.74. The average molecular weight is 447 g/mol. The molecule has 0 aliphatic heterocycles. The highest BCUT2D eigenvalue weighted by Crippen LogP contribution is 2.29. The summed E-state index contributed by atoms with van der Waals surface area (Å²) in [6.07, 6.45) is 0. The first-order valence-electron chi connectivity index (χ1n) is 8.59. The normalized spacial score (nSPS) is 10.5. The van der Waals surface area contributed by atoms with E-state index in [-0.39, 0.29) is 0 Å². The third-order valence-corrected chi connectivity index (χ3v) is 4.96. The van der Waals surface area contributed by atoms with Crippen molar-refractivity contribution in [3.05, 3.63) is 86.8 Å². The van der Waals surface area contributed by atoms with Crippen molar-refractivity contribution in [3.63, 3.8) is 0 Å². The van der Waals surface area contributed by atoms with Gasteiger partial charge in [-0.25, -0.2) is 0 Å². The minimum atomic E-state index is 0.531. The quantitative estimate of drug-likeness (QED) is 0.443. The van der Waals surface area contributed by atoms with Crippen molar-refractivity contribution in [1.82, 2.24) is 0 Å². The van der Waals surface area contributed by atoms with E-state index in [1.54, 1.807) is 7.11 Å². The number of halogens is 2. The van der Waals surface area contributed by atoms with E-state index in [0.29, 0.717) is 23.9 Å². The van der Waals surface area contributed by atoms with E-state index in [1.165, 1.54) is 5.56 Å². The van der Waals surface area contributed by atoms with Crippen LogP contribution in [-0.4, -0.2) is 7.11 Å². The second-order valence-electron chi connectivity index (χ2n) is 6.23. The first kappa shape index (κ1) is 19.6. The Kier molecular flexibility index (Phi) is 6.64. The highest BCUT2D eigenvalue weighted by atomic mass is 79.9. The van der Waals surface area contributed by atoms with Gasteiger partial charge in [0.1, 0.15) is 18.1 Å². The van der Waals surface area contributed by atoms with Crippen molar-refractivity contribution in [2.75, 3.05) is 12.4 Å². The summed E-state index contributed by atoms with van der Waals surface area (Å²) in [7, 11) is 1.60. The number of aryl methyl sites for hydroxylation is 1. The fourth-order valence-electron chi connectivity index (χ4n) is 2.65. The van der Waals surface area contributed by atoms with Crippen molar-refractivity contribution < 1.29 is 9.47 Å².